The van der Waals surface area contributed by atoms with Gasteiger partial charge in [-0.3, -0.25) is 0 Å². The Hall–Kier alpha value is -1.75. The largest absolute Gasteiger partial charge is 0.482 e. The first-order valence-electron chi connectivity index (χ1n) is 5.93. The van der Waals surface area contributed by atoms with E-state index in [1.54, 1.807) is 12.1 Å². The Morgan fingerprint density at radius 2 is 1.89 bits per heavy atom. The van der Waals surface area contributed by atoms with Crippen LogP contribution in [0.3, 0.4) is 0 Å². The Bertz CT molecular complexity index is 434. The van der Waals surface area contributed by atoms with Gasteiger partial charge in [0.2, 0.25) is 0 Å². The van der Waals surface area contributed by atoms with Crippen molar-refractivity contribution >= 4 is 5.97 Å². The molecule has 1 aromatic carbocycles. The van der Waals surface area contributed by atoms with Gasteiger partial charge in [0.25, 0.3) is 0 Å². The minimum atomic E-state index is -0.436. The van der Waals surface area contributed by atoms with Gasteiger partial charge in [0.1, 0.15) is 5.75 Å². The third-order valence-corrected chi connectivity index (χ3v) is 2.52. The SMILES string of the molecule is COOc1cc(OCC(=O)OC)ccc1C(C)(C)C. The summed E-state index contributed by atoms with van der Waals surface area (Å²) in [7, 11) is 2.75. The standard InChI is InChI=1S/C14H20O5/c1-14(2,3)11-7-6-10(8-12(11)19-17-5)18-9-13(15)16-4/h6-8H,9H2,1-5H3. The van der Waals surface area contributed by atoms with Crippen LogP contribution in [-0.4, -0.2) is 26.8 Å². The van der Waals surface area contributed by atoms with Gasteiger partial charge in [0.05, 0.1) is 14.2 Å². The molecule has 0 fully saturated rings. The van der Waals surface area contributed by atoms with Crippen LogP contribution >= 0.6 is 0 Å². The summed E-state index contributed by atoms with van der Waals surface area (Å²) in [6.07, 6.45) is 0. The molecule has 0 aliphatic carbocycles. The molecule has 0 radical (unpaired) electrons. The Kier molecular flexibility index (Phi) is 5.18. The van der Waals surface area contributed by atoms with E-state index in [0.717, 1.165) is 5.56 Å². The van der Waals surface area contributed by atoms with E-state index in [1.165, 1.54) is 14.2 Å². The number of hydrogen-bond acceptors (Lipinski definition) is 5. The second kappa shape index (κ2) is 6.43. The third kappa shape index (κ3) is 4.44. The molecule has 0 saturated carbocycles. The van der Waals surface area contributed by atoms with Crippen LogP contribution in [0.1, 0.15) is 26.3 Å². The zero-order chi connectivity index (χ0) is 14.5. The zero-order valence-electron chi connectivity index (χ0n) is 12.0. The van der Waals surface area contributed by atoms with E-state index in [1.807, 2.05) is 6.07 Å². The monoisotopic (exact) mass is 268 g/mol. The summed E-state index contributed by atoms with van der Waals surface area (Å²) in [4.78, 5) is 20.9. The summed E-state index contributed by atoms with van der Waals surface area (Å²) in [5.74, 6) is 0.650. The van der Waals surface area contributed by atoms with Crippen molar-refractivity contribution in [2.24, 2.45) is 0 Å². The summed E-state index contributed by atoms with van der Waals surface area (Å²) in [5.41, 5.74) is 0.897. The molecular formula is C14H20O5. The zero-order valence-corrected chi connectivity index (χ0v) is 12.0. The molecule has 0 saturated heterocycles. The minimum absolute atomic E-state index is 0.0885. The normalized spacial score (nSPS) is 11.0. The van der Waals surface area contributed by atoms with Crippen LogP contribution in [0.4, 0.5) is 0 Å². The average molecular weight is 268 g/mol. The molecule has 106 valence electrons. The number of esters is 1. The van der Waals surface area contributed by atoms with Crippen molar-refractivity contribution < 1.29 is 24.0 Å². The van der Waals surface area contributed by atoms with Crippen molar-refractivity contribution in [1.82, 2.24) is 0 Å². The lowest BCUT2D eigenvalue weighted by Crippen LogP contribution is -2.15. The van der Waals surface area contributed by atoms with E-state index in [-0.39, 0.29) is 12.0 Å². The molecule has 0 aliphatic rings. The van der Waals surface area contributed by atoms with Gasteiger partial charge < -0.3 is 14.4 Å². The molecule has 0 bridgehead atoms. The molecule has 0 amide bonds. The molecule has 0 aliphatic heterocycles. The van der Waals surface area contributed by atoms with Gasteiger partial charge in [0.15, 0.2) is 12.4 Å². The highest BCUT2D eigenvalue weighted by Gasteiger charge is 2.20. The fraction of sp³-hybridized carbons (Fsp3) is 0.500. The topological polar surface area (TPSA) is 54.0 Å². The van der Waals surface area contributed by atoms with Crippen LogP contribution in [0, 0.1) is 0 Å². The summed E-state index contributed by atoms with van der Waals surface area (Å²) in [6.45, 7) is 6.07. The Labute approximate surface area is 113 Å². The third-order valence-electron chi connectivity index (χ3n) is 2.52. The van der Waals surface area contributed by atoms with E-state index >= 15 is 0 Å². The van der Waals surface area contributed by atoms with Crippen molar-refractivity contribution in [2.45, 2.75) is 26.2 Å². The molecule has 0 heterocycles. The molecule has 0 N–H and O–H groups in total. The maximum Gasteiger partial charge on any atom is 0.343 e. The van der Waals surface area contributed by atoms with Crippen molar-refractivity contribution in [2.75, 3.05) is 20.8 Å². The van der Waals surface area contributed by atoms with Crippen LogP contribution in [0.15, 0.2) is 18.2 Å². The second-order valence-electron chi connectivity index (χ2n) is 5.02. The molecule has 1 rings (SSSR count). The van der Waals surface area contributed by atoms with E-state index in [9.17, 15) is 4.79 Å². The summed E-state index contributed by atoms with van der Waals surface area (Å²) in [5, 5.41) is 0. The first-order valence-corrected chi connectivity index (χ1v) is 5.93. The number of benzene rings is 1. The quantitative estimate of drug-likeness (QED) is 0.466. The number of ether oxygens (including phenoxy) is 2. The number of carbonyl (C=O) groups is 1. The van der Waals surface area contributed by atoms with E-state index in [4.69, 9.17) is 14.5 Å². The summed E-state index contributed by atoms with van der Waals surface area (Å²) < 4.78 is 9.81. The van der Waals surface area contributed by atoms with E-state index in [2.05, 4.69) is 25.5 Å². The molecule has 1 aromatic rings. The van der Waals surface area contributed by atoms with Gasteiger partial charge in [-0.1, -0.05) is 26.8 Å². The minimum Gasteiger partial charge on any atom is -0.482 e. The van der Waals surface area contributed by atoms with Gasteiger partial charge in [-0.2, -0.15) is 4.89 Å². The lowest BCUT2D eigenvalue weighted by Gasteiger charge is -2.22. The smallest absolute Gasteiger partial charge is 0.343 e. The van der Waals surface area contributed by atoms with Gasteiger partial charge in [-0.05, 0) is 11.5 Å². The number of carbonyl (C=O) groups excluding carboxylic acids is 1. The molecule has 5 heteroatoms. The number of rotatable bonds is 5. The van der Waals surface area contributed by atoms with Crippen molar-refractivity contribution in [3.63, 3.8) is 0 Å². The molecular weight excluding hydrogens is 248 g/mol. The highest BCUT2D eigenvalue weighted by Crippen LogP contribution is 2.34. The highest BCUT2D eigenvalue weighted by atomic mass is 17.2. The fourth-order valence-corrected chi connectivity index (χ4v) is 1.57. The lowest BCUT2D eigenvalue weighted by molar-refractivity contribution is -0.179. The number of methoxy groups -OCH3 is 1. The average Bonchev–Trinajstić information content (AvgIpc) is 2.35. The maximum absolute atomic E-state index is 11.0. The van der Waals surface area contributed by atoms with Crippen LogP contribution < -0.4 is 9.62 Å². The van der Waals surface area contributed by atoms with Crippen molar-refractivity contribution in [3.05, 3.63) is 23.8 Å². The van der Waals surface area contributed by atoms with Crippen LogP contribution in [0.25, 0.3) is 0 Å². The second-order valence-corrected chi connectivity index (χ2v) is 5.02. The Balaban J connectivity index is 2.93. The Morgan fingerprint density at radius 3 is 2.42 bits per heavy atom. The van der Waals surface area contributed by atoms with Gasteiger partial charge in [-0.25, -0.2) is 4.79 Å². The Morgan fingerprint density at radius 1 is 1.21 bits per heavy atom. The van der Waals surface area contributed by atoms with E-state index < -0.39 is 5.97 Å². The summed E-state index contributed by atoms with van der Waals surface area (Å²) in [6, 6.07) is 5.36. The van der Waals surface area contributed by atoms with Crippen molar-refractivity contribution in [1.29, 1.82) is 0 Å². The van der Waals surface area contributed by atoms with Crippen LogP contribution in [0.5, 0.6) is 11.5 Å². The van der Waals surface area contributed by atoms with Crippen molar-refractivity contribution in [3.8, 4) is 11.5 Å². The van der Waals surface area contributed by atoms with E-state index in [0.29, 0.717) is 11.5 Å². The fourth-order valence-electron chi connectivity index (χ4n) is 1.57. The molecule has 0 spiro atoms. The molecule has 5 nitrogen and oxygen atoms in total. The van der Waals surface area contributed by atoms with Crippen LogP contribution in [0.2, 0.25) is 0 Å². The predicted molar refractivity (Wildman–Crippen MR) is 70.3 cm³/mol. The van der Waals surface area contributed by atoms with Gasteiger partial charge in [-0.15, -0.1) is 0 Å². The molecule has 0 aromatic heterocycles. The van der Waals surface area contributed by atoms with Gasteiger partial charge in [0, 0.05) is 11.6 Å². The molecule has 0 atom stereocenters. The predicted octanol–water partition coefficient (Wildman–Crippen LogP) is 2.48. The first kappa shape index (κ1) is 15.3. The van der Waals surface area contributed by atoms with Gasteiger partial charge >= 0.3 is 5.97 Å². The molecule has 19 heavy (non-hydrogen) atoms. The highest BCUT2D eigenvalue weighted by molar-refractivity contribution is 5.70. The lowest BCUT2D eigenvalue weighted by atomic mass is 9.86. The maximum atomic E-state index is 11.0. The number of hydrogen-bond donors (Lipinski definition) is 0. The van der Waals surface area contributed by atoms with Crippen LogP contribution in [-0.2, 0) is 19.8 Å². The summed E-state index contributed by atoms with van der Waals surface area (Å²) >= 11 is 0. The molecule has 0 unspecified atom stereocenters. The first-order chi connectivity index (χ1) is 8.88.